The van der Waals surface area contributed by atoms with Gasteiger partial charge < -0.3 is 16.0 Å². The quantitative estimate of drug-likeness (QED) is 0.445. The predicted molar refractivity (Wildman–Crippen MR) is 108 cm³/mol. The third-order valence-corrected chi connectivity index (χ3v) is 4.59. The molecule has 0 fully saturated rings. The van der Waals surface area contributed by atoms with Gasteiger partial charge in [-0.1, -0.05) is 19.1 Å². The van der Waals surface area contributed by atoms with Gasteiger partial charge in [-0.3, -0.25) is 4.79 Å². The minimum atomic E-state index is -4.44. The SMILES string of the molecule is CCCNC(=O)c1cccc(CN=C(NCC)NCc2nc(C(F)(F)F)cs2)c1. The van der Waals surface area contributed by atoms with E-state index in [0.717, 1.165) is 28.7 Å². The van der Waals surface area contributed by atoms with Crippen LogP contribution in [0.25, 0.3) is 0 Å². The van der Waals surface area contributed by atoms with Crippen molar-refractivity contribution in [2.45, 2.75) is 39.5 Å². The summed E-state index contributed by atoms with van der Waals surface area (Å²) in [6.07, 6.45) is -3.58. The number of benzene rings is 1. The molecule has 158 valence electrons. The number of amides is 1. The molecule has 1 aromatic carbocycles. The zero-order chi connectivity index (χ0) is 21.3. The maximum atomic E-state index is 12.6. The second-order valence-electron chi connectivity index (χ2n) is 6.13. The smallest absolute Gasteiger partial charge is 0.357 e. The Bertz CT molecular complexity index is 835. The number of hydrogen-bond donors (Lipinski definition) is 3. The Morgan fingerprint density at radius 1 is 1.21 bits per heavy atom. The van der Waals surface area contributed by atoms with Crippen LogP contribution in [0, 0.1) is 0 Å². The average Bonchev–Trinajstić information content (AvgIpc) is 3.18. The Hall–Kier alpha value is -2.62. The molecule has 0 atom stereocenters. The molecule has 1 heterocycles. The largest absolute Gasteiger partial charge is 0.434 e. The highest BCUT2D eigenvalue weighted by atomic mass is 32.1. The first-order chi connectivity index (χ1) is 13.8. The van der Waals surface area contributed by atoms with Gasteiger partial charge in [0.25, 0.3) is 5.91 Å². The molecule has 0 aliphatic heterocycles. The predicted octanol–water partition coefficient (Wildman–Crippen LogP) is 3.56. The monoisotopic (exact) mass is 427 g/mol. The van der Waals surface area contributed by atoms with Crippen LogP contribution in [-0.2, 0) is 19.3 Å². The summed E-state index contributed by atoms with van der Waals surface area (Å²) in [4.78, 5) is 20.1. The second-order valence-corrected chi connectivity index (χ2v) is 7.07. The van der Waals surface area contributed by atoms with Gasteiger partial charge in [-0.2, -0.15) is 13.2 Å². The fourth-order valence-corrected chi connectivity index (χ4v) is 3.09. The van der Waals surface area contributed by atoms with E-state index in [0.29, 0.717) is 36.2 Å². The maximum Gasteiger partial charge on any atom is 0.434 e. The Labute approximate surface area is 171 Å². The molecule has 0 saturated carbocycles. The van der Waals surface area contributed by atoms with E-state index in [4.69, 9.17) is 0 Å². The lowest BCUT2D eigenvalue weighted by molar-refractivity contribution is -0.140. The first-order valence-corrected chi connectivity index (χ1v) is 10.1. The zero-order valence-electron chi connectivity index (χ0n) is 16.3. The van der Waals surface area contributed by atoms with Crippen LogP contribution < -0.4 is 16.0 Å². The van der Waals surface area contributed by atoms with Gasteiger partial charge in [0.2, 0.25) is 0 Å². The zero-order valence-corrected chi connectivity index (χ0v) is 17.1. The molecule has 0 bridgehead atoms. The van der Waals surface area contributed by atoms with Crippen LogP contribution >= 0.6 is 11.3 Å². The molecule has 29 heavy (non-hydrogen) atoms. The molecule has 10 heteroatoms. The van der Waals surface area contributed by atoms with Crippen LogP contribution in [0.2, 0.25) is 0 Å². The van der Waals surface area contributed by atoms with E-state index in [-0.39, 0.29) is 12.5 Å². The topological polar surface area (TPSA) is 78.4 Å². The Morgan fingerprint density at radius 3 is 2.66 bits per heavy atom. The minimum Gasteiger partial charge on any atom is -0.357 e. The van der Waals surface area contributed by atoms with Crippen LogP contribution in [-0.4, -0.2) is 29.9 Å². The molecule has 6 nitrogen and oxygen atoms in total. The molecule has 0 saturated heterocycles. The van der Waals surface area contributed by atoms with E-state index >= 15 is 0 Å². The van der Waals surface area contributed by atoms with Gasteiger partial charge in [0.1, 0.15) is 5.01 Å². The van der Waals surface area contributed by atoms with Crippen molar-refractivity contribution < 1.29 is 18.0 Å². The van der Waals surface area contributed by atoms with Crippen molar-refractivity contribution in [1.29, 1.82) is 0 Å². The summed E-state index contributed by atoms with van der Waals surface area (Å²) < 4.78 is 37.9. The van der Waals surface area contributed by atoms with Gasteiger partial charge in [0.15, 0.2) is 11.7 Å². The molecule has 0 aliphatic rings. The normalized spacial score (nSPS) is 12.0. The fraction of sp³-hybridized carbons (Fsp3) is 0.421. The van der Waals surface area contributed by atoms with E-state index in [2.05, 4.69) is 25.9 Å². The van der Waals surface area contributed by atoms with Crippen LogP contribution in [0.4, 0.5) is 13.2 Å². The molecule has 2 aromatic rings. The van der Waals surface area contributed by atoms with Crippen molar-refractivity contribution in [3.63, 3.8) is 0 Å². The van der Waals surface area contributed by atoms with Gasteiger partial charge in [0.05, 0.1) is 13.1 Å². The van der Waals surface area contributed by atoms with Crippen molar-refractivity contribution in [1.82, 2.24) is 20.9 Å². The standard InChI is InChI=1S/C19H24F3N5OS/c1-3-8-24-17(28)14-7-5-6-13(9-14)10-25-18(23-4-2)26-11-16-27-15(12-29-16)19(20,21)22/h5-7,9,12H,3-4,8,10-11H2,1-2H3,(H,24,28)(H2,23,25,26). The van der Waals surface area contributed by atoms with E-state index in [1.54, 1.807) is 18.2 Å². The van der Waals surface area contributed by atoms with Crippen molar-refractivity contribution in [2.75, 3.05) is 13.1 Å². The molecule has 0 unspecified atom stereocenters. The van der Waals surface area contributed by atoms with Crippen molar-refractivity contribution in [3.8, 4) is 0 Å². The number of carbonyl (C=O) groups is 1. The minimum absolute atomic E-state index is 0.131. The molecular weight excluding hydrogens is 403 g/mol. The van der Waals surface area contributed by atoms with Crippen LogP contribution in [0.5, 0.6) is 0 Å². The van der Waals surface area contributed by atoms with Gasteiger partial charge in [-0.25, -0.2) is 9.98 Å². The molecule has 0 aliphatic carbocycles. The van der Waals surface area contributed by atoms with E-state index in [1.807, 2.05) is 19.9 Å². The number of aliphatic imine (C=N–C) groups is 1. The number of aromatic nitrogens is 1. The molecule has 3 N–H and O–H groups in total. The Morgan fingerprint density at radius 2 is 2.00 bits per heavy atom. The lowest BCUT2D eigenvalue weighted by Gasteiger charge is -2.10. The molecule has 1 aromatic heterocycles. The summed E-state index contributed by atoms with van der Waals surface area (Å²) in [5.41, 5.74) is 0.519. The fourth-order valence-electron chi connectivity index (χ4n) is 2.35. The van der Waals surface area contributed by atoms with Gasteiger partial charge >= 0.3 is 6.18 Å². The van der Waals surface area contributed by atoms with Crippen LogP contribution in [0.1, 0.15) is 46.9 Å². The number of halogens is 3. The van der Waals surface area contributed by atoms with Crippen molar-refractivity contribution >= 4 is 23.2 Å². The van der Waals surface area contributed by atoms with E-state index < -0.39 is 11.9 Å². The van der Waals surface area contributed by atoms with Crippen molar-refractivity contribution in [3.05, 3.63) is 51.5 Å². The number of nitrogens with one attached hydrogen (secondary N) is 3. The highest BCUT2D eigenvalue weighted by Crippen LogP contribution is 2.29. The second kappa shape index (κ2) is 10.8. The van der Waals surface area contributed by atoms with E-state index in [1.165, 1.54) is 0 Å². The molecule has 1 amide bonds. The van der Waals surface area contributed by atoms with Crippen LogP contribution in [0.15, 0.2) is 34.6 Å². The number of carbonyl (C=O) groups excluding carboxylic acids is 1. The van der Waals surface area contributed by atoms with Crippen LogP contribution in [0.3, 0.4) is 0 Å². The number of alkyl halides is 3. The summed E-state index contributed by atoms with van der Waals surface area (Å²) >= 11 is 0.942. The van der Waals surface area contributed by atoms with E-state index in [9.17, 15) is 18.0 Å². The first-order valence-electron chi connectivity index (χ1n) is 9.24. The number of hydrogen-bond acceptors (Lipinski definition) is 4. The molecule has 0 spiro atoms. The third kappa shape index (κ3) is 7.37. The maximum absolute atomic E-state index is 12.6. The molecular formula is C19H24F3N5OS. The summed E-state index contributed by atoms with van der Waals surface area (Å²) in [7, 11) is 0. The third-order valence-electron chi connectivity index (χ3n) is 3.74. The first kappa shape index (κ1) is 22.7. The van der Waals surface area contributed by atoms with Gasteiger partial charge in [-0.05, 0) is 31.0 Å². The number of guanidine groups is 1. The highest BCUT2D eigenvalue weighted by Gasteiger charge is 2.33. The van der Waals surface area contributed by atoms with Gasteiger partial charge in [0, 0.05) is 24.0 Å². The lowest BCUT2D eigenvalue weighted by atomic mass is 10.1. The summed E-state index contributed by atoms with van der Waals surface area (Å²) in [5, 5.41) is 10.2. The summed E-state index contributed by atoms with van der Waals surface area (Å²) in [6.45, 7) is 5.53. The number of rotatable bonds is 8. The highest BCUT2D eigenvalue weighted by molar-refractivity contribution is 7.09. The summed E-state index contributed by atoms with van der Waals surface area (Å²) in [6, 6.07) is 7.16. The average molecular weight is 427 g/mol. The van der Waals surface area contributed by atoms with Crippen molar-refractivity contribution in [2.24, 2.45) is 4.99 Å². The Balaban J connectivity index is 2.00. The summed E-state index contributed by atoms with van der Waals surface area (Å²) in [5.74, 6) is 0.323. The number of nitrogens with zero attached hydrogens (tertiary/aromatic N) is 2. The number of thiazole rings is 1. The van der Waals surface area contributed by atoms with Gasteiger partial charge in [-0.15, -0.1) is 11.3 Å². The molecule has 0 radical (unpaired) electrons. The lowest BCUT2D eigenvalue weighted by Crippen LogP contribution is -2.36. The Kier molecular flexibility index (Phi) is 8.44. The molecule has 2 rings (SSSR count).